The molecule has 7 heteroatoms. The quantitative estimate of drug-likeness (QED) is 0.867. The second kappa shape index (κ2) is 8.52. The minimum Gasteiger partial charge on any atom is -0.496 e. The van der Waals surface area contributed by atoms with Crippen LogP contribution in [0.15, 0.2) is 47.9 Å². The summed E-state index contributed by atoms with van der Waals surface area (Å²) in [6.07, 6.45) is 4.07. The number of oxime groups is 1. The maximum Gasteiger partial charge on any atom is 0.166 e. The van der Waals surface area contributed by atoms with Crippen LogP contribution in [0.3, 0.4) is 0 Å². The summed E-state index contributed by atoms with van der Waals surface area (Å²) < 4.78 is 11.4. The molecule has 0 saturated heterocycles. The average Bonchev–Trinajstić information content (AvgIpc) is 3.08. The van der Waals surface area contributed by atoms with Gasteiger partial charge in [0.05, 0.1) is 12.8 Å². The largest absolute Gasteiger partial charge is 0.496 e. The smallest absolute Gasteiger partial charge is 0.166 e. The number of rotatable bonds is 6. The number of para-hydroxylation sites is 1. The van der Waals surface area contributed by atoms with Crippen molar-refractivity contribution in [1.29, 1.82) is 0 Å². The molecule has 1 aliphatic rings. The number of hydrogen-bond donors (Lipinski definition) is 1. The summed E-state index contributed by atoms with van der Waals surface area (Å²) in [5.74, 6) is 1.51. The van der Waals surface area contributed by atoms with E-state index in [4.69, 9.17) is 20.0 Å². The number of hydrogen-bond acceptors (Lipinski definition) is 6. The number of halogens is 1. The molecule has 2 N–H and O–H groups in total. The molecule has 0 spiro atoms. The van der Waals surface area contributed by atoms with Gasteiger partial charge >= 0.3 is 0 Å². The summed E-state index contributed by atoms with van der Waals surface area (Å²) >= 11 is 0. The first-order valence-electron chi connectivity index (χ1n) is 7.43. The Bertz CT molecular complexity index is 709. The third kappa shape index (κ3) is 3.96. The summed E-state index contributed by atoms with van der Waals surface area (Å²) in [4.78, 5) is 9.49. The first-order chi connectivity index (χ1) is 11.3. The normalized spacial score (nSPS) is 15.9. The maximum absolute atomic E-state index is 5.95. The van der Waals surface area contributed by atoms with E-state index in [1.54, 1.807) is 19.5 Å². The van der Waals surface area contributed by atoms with Crippen molar-refractivity contribution in [2.45, 2.75) is 12.5 Å². The molecule has 6 nitrogen and oxygen atoms in total. The molecule has 0 aliphatic carbocycles. The fraction of sp³-hybridized carbons (Fsp3) is 0.294. The first kappa shape index (κ1) is 18.0. The standard InChI is InChI=1S/C17H19N3O3.ClH/c1-21-16-6-7-19-10-15(16)14-4-2-3-5-17(14)22-11-13-8-12(9-18)20-23-13;/h2-7,10,13H,8-9,11,18H2,1H3;1H. The molecule has 2 aromatic rings. The van der Waals surface area contributed by atoms with Gasteiger partial charge < -0.3 is 20.0 Å². The van der Waals surface area contributed by atoms with Gasteiger partial charge in [-0.2, -0.15) is 0 Å². The third-order valence-electron chi connectivity index (χ3n) is 3.63. The van der Waals surface area contributed by atoms with Crippen LogP contribution < -0.4 is 15.2 Å². The second-order valence-corrected chi connectivity index (χ2v) is 5.18. The van der Waals surface area contributed by atoms with Crippen LogP contribution in [0.25, 0.3) is 11.1 Å². The van der Waals surface area contributed by atoms with Crippen molar-refractivity contribution in [1.82, 2.24) is 4.98 Å². The van der Waals surface area contributed by atoms with Gasteiger partial charge in [0, 0.05) is 36.5 Å². The highest BCUT2D eigenvalue weighted by Crippen LogP contribution is 2.35. The summed E-state index contributed by atoms with van der Waals surface area (Å²) in [5.41, 5.74) is 8.24. The van der Waals surface area contributed by atoms with E-state index in [9.17, 15) is 0 Å². The van der Waals surface area contributed by atoms with Gasteiger partial charge in [0.2, 0.25) is 0 Å². The van der Waals surface area contributed by atoms with Crippen LogP contribution in [-0.4, -0.2) is 37.1 Å². The fourth-order valence-electron chi connectivity index (χ4n) is 2.46. The number of benzene rings is 1. The Kier molecular flexibility index (Phi) is 6.40. The SMILES string of the molecule is COc1ccncc1-c1ccccc1OCC1CC(CN)=NO1.Cl. The zero-order valence-corrected chi connectivity index (χ0v) is 14.2. The second-order valence-electron chi connectivity index (χ2n) is 5.18. The lowest BCUT2D eigenvalue weighted by Gasteiger charge is -2.15. The molecule has 0 fully saturated rings. The number of ether oxygens (including phenoxy) is 2. The van der Waals surface area contributed by atoms with Gasteiger partial charge in [-0.05, 0) is 12.1 Å². The molecule has 3 rings (SSSR count). The number of pyridine rings is 1. The Balaban J connectivity index is 0.00000208. The van der Waals surface area contributed by atoms with E-state index in [0.717, 1.165) is 28.3 Å². The topological polar surface area (TPSA) is 79.0 Å². The Hall–Kier alpha value is -2.31. The molecular weight excluding hydrogens is 330 g/mol. The van der Waals surface area contributed by atoms with Crippen LogP contribution in [0.2, 0.25) is 0 Å². The van der Waals surface area contributed by atoms with Crippen molar-refractivity contribution in [3.05, 3.63) is 42.7 Å². The molecule has 0 saturated carbocycles. The van der Waals surface area contributed by atoms with Crippen molar-refractivity contribution in [3.63, 3.8) is 0 Å². The molecule has 1 atom stereocenters. The minimum absolute atomic E-state index is 0. The molecule has 24 heavy (non-hydrogen) atoms. The summed E-state index contributed by atoms with van der Waals surface area (Å²) in [6.45, 7) is 0.826. The molecular formula is C17H20ClN3O3. The highest BCUT2D eigenvalue weighted by atomic mass is 35.5. The predicted molar refractivity (Wildman–Crippen MR) is 94.9 cm³/mol. The lowest BCUT2D eigenvalue weighted by Crippen LogP contribution is -2.20. The Morgan fingerprint density at radius 2 is 2.04 bits per heavy atom. The number of methoxy groups -OCH3 is 1. The summed E-state index contributed by atoms with van der Waals surface area (Å²) in [7, 11) is 1.64. The van der Waals surface area contributed by atoms with Gasteiger partial charge in [-0.3, -0.25) is 4.98 Å². The molecule has 128 valence electrons. The van der Waals surface area contributed by atoms with Crippen LogP contribution >= 0.6 is 12.4 Å². The van der Waals surface area contributed by atoms with Crippen LogP contribution in [0.1, 0.15) is 6.42 Å². The Morgan fingerprint density at radius 3 is 2.79 bits per heavy atom. The first-order valence-corrected chi connectivity index (χ1v) is 7.43. The van der Waals surface area contributed by atoms with E-state index >= 15 is 0 Å². The van der Waals surface area contributed by atoms with Crippen LogP contribution in [0, 0.1) is 0 Å². The Labute approximate surface area is 147 Å². The van der Waals surface area contributed by atoms with E-state index < -0.39 is 0 Å². The Morgan fingerprint density at radius 1 is 1.21 bits per heavy atom. The van der Waals surface area contributed by atoms with Crippen molar-refractivity contribution < 1.29 is 14.3 Å². The minimum atomic E-state index is -0.0996. The van der Waals surface area contributed by atoms with Gasteiger partial charge in [-0.1, -0.05) is 23.4 Å². The molecule has 1 aliphatic heterocycles. The van der Waals surface area contributed by atoms with Gasteiger partial charge in [0.1, 0.15) is 18.1 Å². The van der Waals surface area contributed by atoms with Crippen LogP contribution in [0.4, 0.5) is 0 Å². The molecule has 0 amide bonds. The number of nitrogens with zero attached hydrogens (tertiary/aromatic N) is 2. The lowest BCUT2D eigenvalue weighted by atomic mass is 10.1. The fourth-order valence-corrected chi connectivity index (χ4v) is 2.46. The summed E-state index contributed by atoms with van der Waals surface area (Å²) in [5, 5.41) is 3.94. The average molecular weight is 350 g/mol. The van der Waals surface area contributed by atoms with Crippen LogP contribution in [-0.2, 0) is 4.84 Å². The molecule has 0 radical (unpaired) electrons. The molecule has 1 unspecified atom stereocenters. The van der Waals surface area contributed by atoms with Gasteiger partial charge in [0.25, 0.3) is 0 Å². The lowest BCUT2D eigenvalue weighted by molar-refractivity contribution is 0.0472. The molecule has 1 aromatic heterocycles. The maximum atomic E-state index is 5.95. The van der Waals surface area contributed by atoms with Crippen LogP contribution in [0.5, 0.6) is 11.5 Å². The zero-order valence-electron chi connectivity index (χ0n) is 13.3. The molecule has 2 heterocycles. The highest BCUT2D eigenvalue weighted by molar-refractivity contribution is 5.87. The van der Waals surface area contributed by atoms with E-state index in [-0.39, 0.29) is 18.5 Å². The van der Waals surface area contributed by atoms with E-state index in [1.165, 1.54) is 0 Å². The van der Waals surface area contributed by atoms with Gasteiger partial charge in [-0.25, -0.2) is 0 Å². The molecule has 0 bridgehead atoms. The van der Waals surface area contributed by atoms with Crippen molar-refractivity contribution >= 4 is 18.1 Å². The number of nitrogens with two attached hydrogens (primary N) is 1. The highest BCUT2D eigenvalue weighted by Gasteiger charge is 2.21. The molecule has 1 aromatic carbocycles. The third-order valence-corrected chi connectivity index (χ3v) is 3.63. The number of aromatic nitrogens is 1. The monoisotopic (exact) mass is 349 g/mol. The summed E-state index contributed by atoms with van der Waals surface area (Å²) in [6, 6.07) is 9.61. The van der Waals surface area contributed by atoms with Crippen molar-refractivity contribution in [2.24, 2.45) is 10.9 Å². The van der Waals surface area contributed by atoms with Gasteiger partial charge in [0.15, 0.2) is 6.10 Å². The van der Waals surface area contributed by atoms with Crippen molar-refractivity contribution in [2.75, 3.05) is 20.3 Å². The van der Waals surface area contributed by atoms with E-state index in [0.29, 0.717) is 19.6 Å². The van der Waals surface area contributed by atoms with Gasteiger partial charge in [-0.15, -0.1) is 12.4 Å². The van der Waals surface area contributed by atoms with E-state index in [1.807, 2.05) is 30.3 Å². The zero-order chi connectivity index (χ0) is 16.1. The van der Waals surface area contributed by atoms with E-state index in [2.05, 4.69) is 10.1 Å². The van der Waals surface area contributed by atoms with Crippen molar-refractivity contribution in [3.8, 4) is 22.6 Å². The predicted octanol–water partition coefficient (Wildman–Crippen LogP) is 2.66.